The molecule has 0 bridgehead atoms. The molecule has 1 N–H and O–H groups in total. The average Bonchev–Trinajstić information content (AvgIpc) is 2.25. The van der Waals surface area contributed by atoms with E-state index < -0.39 is 0 Å². The normalized spacial score (nSPS) is 11.0. The van der Waals surface area contributed by atoms with Crippen LogP contribution in [0.1, 0.15) is 12.8 Å². The molecule has 0 radical (unpaired) electrons. The zero-order valence-electron chi connectivity index (χ0n) is 8.81. The van der Waals surface area contributed by atoms with Gasteiger partial charge in [0.05, 0.1) is 12.8 Å². The second-order valence-electron chi connectivity index (χ2n) is 2.71. The molecule has 0 aromatic rings. The standard InChI is InChI=1S/C10H16N2O3/c1-15-8-6-11-4-5-12-9-10(14)3-2-7-13/h4-5,7,9,11H,2-3,6,8H2,1H3/b5-4-,12-9?. The molecule has 0 aromatic heterocycles. The zero-order chi connectivity index (χ0) is 11.4. The van der Waals surface area contributed by atoms with Crippen LogP contribution in [0.4, 0.5) is 0 Å². The van der Waals surface area contributed by atoms with Crippen LogP contribution >= 0.6 is 0 Å². The predicted octanol–water partition coefficient (Wildman–Crippen LogP) is 0.313. The molecule has 0 amide bonds. The van der Waals surface area contributed by atoms with Crippen LogP contribution in [0.3, 0.4) is 0 Å². The Morgan fingerprint density at radius 2 is 2.33 bits per heavy atom. The summed E-state index contributed by atoms with van der Waals surface area (Å²) in [6.45, 7) is 1.31. The fourth-order valence-electron chi connectivity index (χ4n) is 0.732. The number of Topliss-reactive ketones (excluding diaryl/α,β-unsaturated/α-hetero) is 1. The fraction of sp³-hybridized carbons (Fsp3) is 0.500. The molecule has 0 rings (SSSR count). The first-order valence-electron chi connectivity index (χ1n) is 4.68. The summed E-state index contributed by atoms with van der Waals surface area (Å²) in [4.78, 5) is 24.7. The monoisotopic (exact) mass is 212 g/mol. The SMILES string of the molecule is COCCN/C=C\N=CC(=O)CCC=O. The summed E-state index contributed by atoms with van der Waals surface area (Å²) in [5, 5.41) is 2.92. The number of hydrogen-bond acceptors (Lipinski definition) is 5. The number of nitrogens with one attached hydrogen (secondary N) is 1. The van der Waals surface area contributed by atoms with Crippen LogP contribution in [0.25, 0.3) is 0 Å². The maximum atomic E-state index is 11.0. The van der Waals surface area contributed by atoms with Crippen LogP contribution in [0.15, 0.2) is 17.4 Å². The van der Waals surface area contributed by atoms with Gasteiger partial charge in [0.2, 0.25) is 0 Å². The minimum atomic E-state index is -0.149. The minimum absolute atomic E-state index is 0.149. The Kier molecular flexibility index (Phi) is 9.54. The number of aliphatic imine (C=N–C) groups is 1. The van der Waals surface area contributed by atoms with Crippen LogP contribution < -0.4 is 5.32 Å². The smallest absolute Gasteiger partial charge is 0.174 e. The Morgan fingerprint density at radius 1 is 1.53 bits per heavy atom. The van der Waals surface area contributed by atoms with Gasteiger partial charge in [-0.2, -0.15) is 0 Å². The quantitative estimate of drug-likeness (QED) is 0.339. The van der Waals surface area contributed by atoms with Crippen LogP contribution in [-0.4, -0.2) is 38.5 Å². The van der Waals surface area contributed by atoms with E-state index in [1.54, 1.807) is 13.3 Å². The van der Waals surface area contributed by atoms with Crippen molar-refractivity contribution in [2.24, 2.45) is 4.99 Å². The number of hydrogen-bond donors (Lipinski definition) is 1. The summed E-state index contributed by atoms with van der Waals surface area (Å²) in [7, 11) is 1.62. The molecule has 0 aromatic carbocycles. The van der Waals surface area contributed by atoms with Crippen LogP contribution in [-0.2, 0) is 14.3 Å². The number of ether oxygens (including phenoxy) is 1. The molecular formula is C10H16N2O3. The third-order valence-electron chi connectivity index (χ3n) is 1.46. The highest BCUT2D eigenvalue weighted by molar-refractivity contribution is 6.27. The van der Waals surface area contributed by atoms with E-state index in [9.17, 15) is 9.59 Å². The molecule has 5 nitrogen and oxygen atoms in total. The van der Waals surface area contributed by atoms with Crippen molar-refractivity contribution in [2.45, 2.75) is 12.8 Å². The average molecular weight is 212 g/mol. The molecule has 0 unspecified atom stereocenters. The molecule has 0 saturated heterocycles. The van der Waals surface area contributed by atoms with Crippen molar-refractivity contribution in [3.8, 4) is 0 Å². The molecule has 5 heteroatoms. The molecule has 15 heavy (non-hydrogen) atoms. The topological polar surface area (TPSA) is 67.8 Å². The van der Waals surface area contributed by atoms with E-state index in [2.05, 4.69) is 10.3 Å². The second kappa shape index (κ2) is 10.6. The molecule has 0 aliphatic carbocycles. The molecule has 0 spiro atoms. The summed E-state index contributed by atoms with van der Waals surface area (Å²) < 4.78 is 4.81. The van der Waals surface area contributed by atoms with Gasteiger partial charge in [-0.1, -0.05) is 0 Å². The van der Waals surface area contributed by atoms with Gasteiger partial charge in [0.15, 0.2) is 5.78 Å². The summed E-state index contributed by atoms with van der Waals surface area (Å²) in [5.41, 5.74) is 0. The van der Waals surface area contributed by atoms with E-state index in [0.29, 0.717) is 19.4 Å². The maximum Gasteiger partial charge on any atom is 0.174 e. The van der Waals surface area contributed by atoms with Gasteiger partial charge >= 0.3 is 0 Å². The number of carbonyl (C=O) groups excluding carboxylic acids is 2. The van der Waals surface area contributed by atoms with Crippen molar-refractivity contribution >= 4 is 18.3 Å². The van der Waals surface area contributed by atoms with E-state index in [1.807, 2.05) is 0 Å². The van der Waals surface area contributed by atoms with Crippen LogP contribution in [0.2, 0.25) is 0 Å². The third kappa shape index (κ3) is 10.4. The van der Waals surface area contributed by atoms with E-state index in [0.717, 1.165) is 0 Å². The van der Waals surface area contributed by atoms with Crippen molar-refractivity contribution in [3.63, 3.8) is 0 Å². The number of carbonyl (C=O) groups is 2. The highest BCUT2D eigenvalue weighted by atomic mass is 16.5. The molecule has 0 atom stereocenters. The number of methoxy groups -OCH3 is 1. The summed E-state index contributed by atoms with van der Waals surface area (Å²) in [6, 6.07) is 0. The van der Waals surface area contributed by atoms with Crippen molar-refractivity contribution in [1.29, 1.82) is 0 Å². The Balaban J connectivity index is 3.50. The minimum Gasteiger partial charge on any atom is -0.387 e. The van der Waals surface area contributed by atoms with Gasteiger partial charge in [-0.05, 0) is 0 Å². The van der Waals surface area contributed by atoms with Gasteiger partial charge < -0.3 is 14.8 Å². The zero-order valence-corrected chi connectivity index (χ0v) is 8.81. The van der Waals surface area contributed by atoms with Crippen molar-refractivity contribution in [1.82, 2.24) is 5.32 Å². The fourth-order valence-corrected chi connectivity index (χ4v) is 0.732. The maximum absolute atomic E-state index is 11.0. The highest BCUT2D eigenvalue weighted by Gasteiger charge is 1.94. The molecular weight excluding hydrogens is 196 g/mol. The number of nitrogens with zero attached hydrogens (tertiary/aromatic N) is 1. The summed E-state index contributed by atoms with van der Waals surface area (Å²) in [5.74, 6) is -0.149. The van der Waals surface area contributed by atoms with Crippen molar-refractivity contribution in [3.05, 3.63) is 12.4 Å². The lowest BCUT2D eigenvalue weighted by Gasteiger charge is -1.96. The molecule has 0 aliphatic rings. The van der Waals surface area contributed by atoms with Gasteiger partial charge in [0.25, 0.3) is 0 Å². The van der Waals surface area contributed by atoms with Crippen molar-refractivity contribution < 1.29 is 14.3 Å². The van der Waals surface area contributed by atoms with Crippen molar-refractivity contribution in [2.75, 3.05) is 20.3 Å². The number of aldehydes is 1. The van der Waals surface area contributed by atoms with Gasteiger partial charge in [-0.3, -0.25) is 9.79 Å². The summed E-state index contributed by atoms with van der Waals surface area (Å²) >= 11 is 0. The van der Waals surface area contributed by atoms with Crippen LogP contribution in [0.5, 0.6) is 0 Å². The predicted molar refractivity (Wildman–Crippen MR) is 57.8 cm³/mol. The number of rotatable bonds is 9. The van der Waals surface area contributed by atoms with Gasteiger partial charge in [-0.25, -0.2) is 0 Å². The van der Waals surface area contributed by atoms with E-state index in [-0.39, 0.29) is 18.6 Å². The first-order valence-corrected chi connectivity index (χ1v) is 4.68. The first-order chi connectivity index (χ1) is 7.31. The Bertz CT molecular complexity index is 237. The molecule has 0 fully saturated rings. The van der Waals surface area contributed by atoms with E-state index in [4.69, 9.17) is 4.74 Å². The van der Waals surface area contributed by atoms with Gasteiger partial charge in [0, 0.05) is 38.9 Å². The summed E-state index contributed by atoms with van der Waals surface area (Å²) in [6.07, 6.45) is 5.50. The Hall–Kier alpha value is -1.49. The highest BCUT2D eigenvalue weighted by Crippen LogP contribution is 1.84. The lowest BCUT2D eigenvalue weighted by Crippen LogP contribution is -2.11. The Morgan fingerprint density at radius 3 is 3.00 bits per heavy atom. The number of ketones is 1. The molecule has 0 aliphatic heterocycles. The molecule has 0 saturated carbocycles. The third-order valence-corrected chi connectivity index (χ3v) is 1.46. The largest absolute Gasteiger partial charge is 0.387 e. The second-order valence-corrected chi connectivity index (χ2v) is 2.71. The van der Waals surface area contributed by atoms with E-state index >= 15 is 0 Å². The Labute approximate surface area is 89.2 Å². The lowest BCUT2D eigenvalue weighted by atomic mass is 10.2. The van der Waals surface area contributed by atoms with Gasteiger partial charge in [-0.15, -0.1) is 0 Å². The first kappa shape index (κ1) is 13.5. The lowest BCUT2D eigenvalue weighted by molar-refractivity contribution is -0.115. The van der Waals surface area contributed by atoms with Crippen LogP contribution in [0, 0.1) is 0 Å². The van der Waals surface area contributed by atoms with Gasteiger partial charge in [0.1, 0.15) is 6.29 Å². The van der Waals surface area contributed by atoms with E-state index in [1.165, 1.54) is 12.4 Å². The molecule has 0 heterocycles. The molecule has 84 valence electrons.